The molecule has 1 aliphatic heterocycles. The minimum atomic E-state index is -0.507. The highest BCUT2D eigenvalue weighted by molar-refractivity contribution is 6.02. The number of ether oxygens (including phenoxy) is 1. The molecule has 1 aliphatic rings. The van der Waals surface area contributed by atoms with Crippen LogP contribution in [-0.2, 0) is 4.74 Å². The first kappa shape index (κ1) is 22.3. The van der Waals surface area contributed by atoms with E-state index >= 15 is 0 Å². The first-order chi connectivity index (χ1) is 15.8. The first-order valence-corrected chi connectivity index (χ1v) is 10.8. The van der Waals surface area contributed by atoms with Gasteiger partial charge in [-0.1, -0.05) is 35.5 Å². The van der Waals surface area contributed by atoms with Crippen LogP contribution in [0.15, 0.2) is 59.3 Å². The van der Waals surface area contributed by atoms with Crippen molar-refractivity contribution in [2.75, 3.05) is 36.4 Å². The number of carbonyl (C=O) groups is 2. The highest BCUT2D eigenvalue weighted by Crippen LogP contribution is 2.21. The number of piperazine rings is 1. The lowest BCUT2D eigenvalue weighted by molar-refractivity contribution is 0.0240. The van der Waals surface area contributed by atoms with Crippen LogP contribution in [0.1, 0.15) is 31.3 Å². The van der Waals surface area contributed by atoms with Crippen molar-refractivity contribution >= 4 is 23.5 Å². The molecule has 9 nitrogen and oxygen atoms in total. The van der Waals surface area contributed by atoms with E-state index in [1.54, 1.807) is 23.2 Å². The number of benzene rings is 1. The number of amides is 2. The second-order valence-corrected chi connectivity index (χ2v) is 8.75. The minimum Gasteiger partial charge on any atom is -0.444 e. The summed E-state index contributed by atoms with van der Waals surface area (Å²) in [7, 11) is 0. The number of rotatable bonds is 4. The van der Waals surface area contributed by atoms with Gasteiger partial charge in [-0.15, -0.1) is 0 Å². The standard InChI is InChI=1S/C24H27N5O4/c1-24(2,3)32-23(31)29-13-11-28(12-14-29)18-9-10-21(25-16-18)26-22(30)20-15-19(27-33-20)17-7-5-4-6-8-17/h4-10,15-16H,11-14H2,1-3H3,(H,25,26,30). The topological polar surface area (TPSA) is 101 Å². The average molecular weight is 450 g/mol. The number of carbonyl (C=O) groups excluding carboxylic acids is 2. The lowest BCUT2D eigenvalue weighted by atomic mass is 10.1. The van der Waals surface area contributed by atoms with Crippen molar-refractivity contribution in [1.29, 1.82) is 0 Å². The quantitative estimate of drug-likeness (QED) is 0.641. The third-order valence-corrected chi connectivity index (χ3v) is 5.09. The summed E-state index contributed by atoms with van der Waals surface area (Å²) in [6, 6.07) is 14.7. The molecule has 1 aromatic carbocycles. The van der Waals surface area contributed by atoms with Crippen molar-refractivity contribution in [3.63, 3.8) is 0 Å². The Bertz CT molecular complexity index is 1100. The predicted octanol–water partition coefficient (Wildman–Crippen LogP) is 4.05. The number of nitrogens with zero attached hydrogens (tertiary/aromatic N) is 4. The fourth-order valence-electron chi connectivity index (χ4n) is 3.43. The summed E-state index contributed by atoms with van der Waals surface area (Å²) in [5.74, 6) is 0.0997. The summed E-state index contributed by atoms with van der Waals surface area (Å²) in [5.41, 5.74) is 1.87. The van der Waals surface area contributed by atoms with Crippen molar-refractivity contribution < 1.29 is 18.8 Å². The fourth-order valence-corrected chi connectivity index (χ4v) is 3.43. The lowest BCUT2D eigenvalue weighted by Crippen LogP contribution is -2.50. The molecule has 0 radical (unpaired) electrons. The van der Waals surface area contributed by atoms with Gasteiger partial charge >= 0.3 is 6.09 Å². The smallest absolute Gasteiger partial charge is 0.410 e. The molecular formula is C24H27N5O4. The van der Waals surface area contributed by atoms with E-state index < -0.39 is 11.5 Å². The monoisotopic (exact) mass is 449 g/mol. The van der Waals surface area contributed by atoms with Gasteiger partial charge in [0.15, 0.2) is 0 Å². The van der Waals surface area contributed by atoms with Crippen molar-refractivity contribution in [3.8, 4) is 11.3 Å². The average Bonchev–Trinajstić information content (AvgIpc) is 3.30. The summed E-state index contributed by atoms with van der Waals surface area (Å²) >= 11 is 0. The van der Waals surface area contributed by atoms with Crippen LogP contribution in [0.5, 0.6) is 0 Å². The molecule has 0 spiro atoms. The fraction of sp³-hybridized carbons (Fsp3) is 0.333. The molecule has 9 heteroatoms. The molecular weight excluding hydrogens is 422 g/mol. The van der Waals surface area contributed by atoms with E-state index in [4.69, 9.17) is 9.26 Å². The lowest BCUT2D eigenvalue weighted by Gasteiger charge is -2.36. The van der Waals surface area contributed by atoms with Gasteiger partial charge in [-0.3, -0.25) is 4.79 Å². The zero-order valence-electron chi connectivity index (χ0n) is 18.9. The molecule has 172 valence electrons. The van der Waals surface area contributed by atoms with E-state index in [9.17, 15) is 9.59 Å². The molecule has 1 N–H and O–H groups in total. The van der Waals surface area contributed by atoms with Gasteiger partial charge in [0.1, 0.15) is 17.1 Å². The molecule has 0 aliphatic carbocycles. The number of aromatic nitrogens is 2. The molecule has 0 saturated carbocycles. The maximum absolute atomic E-state index is 12.5. The van der Waals surface area contributed by atoms with Gasteiger partial charge in [0, 0.05) is 37.8 Å². The molecule has 3 heterocycles. The Morgan fingerprint density at radius 2 is 1.76 bits per heavy atom. The van der Waals surface area contributed by atoms with Crippen LogP contribution in [0.2, 0.25) is 0 Å². The van der Waals surface area contributed by atoms with Crippen LogP contribution < -0.4 is 10.2 Å². The Kier molecular flexibility index (Phi) is 6.30. The summed E-state index contributed by atoms with van der Waals surface area (Å²) in [6.45, 7) is 8.07. The molecule has 1 saturated heterocycles. The normalized spacial score (nSPS) is 14.2. The van der Waals surface area contributed by atoms with Crippen LogP contribution in [0.25, 0.3) is 11.3 Å². The van der Waals surface area contributed by atoms with Crippen molar-refractivity contribution in [2.24, 2.45) is 0 Å². The second-order valence-electron chi connectivity index (χ2n) is 8.75. The predicted molar refractivity (Wildman–Crippen MR) is 124 cm³/mol. The Morgan fingerprint density at radius 1 is 1.03 bits per heavy atom. The molecule has 3 aromatic rings. The van der Waals surface area contributed by atoms with E-state index in [0.29, 0.717) is 37.7 Å². The van der Waals surface area contributed by atoms with Crippen LogP contribution in [-0.4, -0.2) is 58.8 Å². The number of nitrogens with one attached hydrogen (secondary N) is 1. The van der Waals surface area contributed by atoms with Gasteiger partial charge < -0.3 is 24.4 Å². The minimum absolute atomic E-state index is 0.109. The van der Waals surface area contributed by atoms with Gasteiger partial charge in [0.2, 0.25) is 5.76 Å². The molecule has 2 aromatic heterocycles. The third-order valence-electron chi connectivity index (χ3n) is 5.09. The number of anilines is 2. The van der Waals surface area contributed by atoms with Gasteiger partial charge in [0.25, 0.3) is 5.91 Å². The SMILES string of the molecule is CC(C)(C)OC(=O)N1CCN(c2ccc(NC(=O)c3cc(-c4ccccc4)no3)nc2)CC1. The summed E-state index contributed by atoms with van der Waals surface area (Å²) in [5, 5.41) is 6.69. The van der Waals surface area contributed by atoms with Crippen LogP contribution in [0.4, 0.5) is 16.3 Å². The van der Waals surface area contributed by atoms with E-state index in [-0.39, 0.29) is 11.9 Å². The second kappa shape index (κ2) is 9.32. The Labute approximate surface area is 192 Å². The van der Waals surface area contributed by atoms with Gasteiger partial charge in [-0.25, -0.2) is 9.78 Å². The maximum atomic E-state index is 12.5. The Hall–Kier alpha value is -3.88. The Balaban J connectivity index is 1.31. The molecule has 0 bridgehead atoms. The first-order valence-electron chi connectivity index (χ1n) is 10.8. The van der Waals surface area contributed by atoms with Crippen molar-refractivity contribution in [2.45, 2.75) is 26.4 Å². The summed E-state index contributed by atoms with van der Waals surface area (Å²) in [6.07, 6.45) is 1.41. The van der Waals surface area contributed by atoms with E-state index in [2.05, 4.69) is 20.4 Å². The number of hydrogen-bond acceptors (Lipinski definition) is 7. The Morgan fingerprint density at radius 3 is 2.39 bits per heavy atom. The third kappa shape index (κ3) is 5.68. The largest absolute Gasteiger partial charge is 0.444 e. The highest BCUT2D eigenvalue weighted by atomic mass is 16.6. The van der Waals surface area contributed by atoms with Crippen LogP contribution in [0.3, 0.4) is 0 Å². The van der Waals surface area contributed by atoms with E-state index in [0.717, 1.165) is 11.3 Å². The molecule has 33 heavy (non-hydrogen) atoms. The van der Waals surface area contributed by atoms with Gasteiger partial charge in [-0.2, -0.15) is 0 Å². The van der Waals surface area contributed by atoms with Crippen molar-refractivity contribution in [3.05, 3.63) is 60.5 Å². The van der Waals surface area contributed by atoms with Crippen LogP contribution >= 0.6 is 0 Å². The van der Waals surface area contributed by atoms with E-state index in [1.807, 2.05) is 57.2 Å². The molecule has 2 amide bonds. The highest BCUT2D eigenvalue weighted by Gasteiger charge is 2.26. The number of hydrogen-bond donors (Lipinski definition) is 1. The van der Waals surface area contributed by atoms with Crippen LogP contribution in [0, 0.1) is 0 Å². The van der Waals surface area contributed by atoms with Crippen molar-refractivity contribution in [1.82, 2.24) is 15.0 Å². The zero-order valence-corrected chi connectivity index (χ0v) is 18.9. The number of pyridine rings is 1. The zero-order chi connectivity index (χ0) is 23.4. The summed E-state index contributed by atoms with van der Waals surface area (Å²) < 4.78 is 10.6. The molecule has 1 fully saturated rings. The maximum Gasteiger partial charge on any atom is 0.410 e. The molecule has 0 unspecified atom stereocenters. The van der Waals surface area contributed by atoms with E-state index in [1.165, 1.54) is 0 Å². The molecule has 0 atom stereocenters. The van der Waals surface area contributed by atoms with Gasteiger partial charge in [0.05, 0.1) is 11.9 Å². The molecule has 4 rings (SSSR count). The summed E-state index contributed by atoms with van der Waals surface area (Å²) in [4.78, 5) is 32.9. The van der Waals surface area contributed by atoms with Gasteiger partial charge in [-0.05, 0) is 32.9 Å².